The number of carbonyl (C=O) groups is 1. The summed E-state index contributed by atoms with van der Waals surface area (Å²) in [5.74, 6) is 0.886. The molecule has 6 heteroatoms. The van der Waals surface area contributed by atoms with Gasteiger partial charge in [-0.15, -0.1) is 0 Å². The van der Waals surface area contributed by atoms with Crippen molar-refractivity contribution in [2.45, 2.75) is 12.1 Å². The van der Waals surface area contributed by atoms with Gasteiger partial charge in [0, 0.05) is 11.1 Å². The second-order valence-electron chi connectivity index (χ2n) is 7.29. The predicted octanol–water partition coefficient (Wildman–Crippen LogP) is 0.965. The van der Waals surface area contributed by atoms with Crippen molar-refractivity contribution in [3.8, 4) is 16.9 Å². The highest BCUT2D eigenvalue weighted by atomic mass is 16.5. The number of aliphatic hydroxyl groups is 1. The molecule has 3 aromatic rings. The molecule has 1 atom stereocenters. The second kappa shape index (κ2) is 7.65. The van der Waals surface area contributed by atoms with Gasteiger partial charge >= 0.3 is 11.9 Å². The third kappa shape index (κ3) is 3.11. The molecule has 0 saturated carbocycles. The standard InChI is InChI=1S/C24H23N3O3/c1-27-22(29)24(26-23(27)25,19-11-9-16(15-28)10-12-19)20-7-3-5-17(13-20)18-6-4-8-21(14-18)30-2/h3-14,28H,15H2,1-2H3,(H2,25,26)/p+1. The average molecular weight is 402 g/mol. The van der Waals surface area contributed by atoms with E-state index in [1.807, 2.05) is 72.8 Å². The minimum atomic E-state index is -1.15. The summed E-state index contributed by atoms with van der Waals surface area (Å²) in [6, 6.07) is 22.9. The van der Waals surface area contributed by atoms with Crippen molar-refractivity contribution in [3.05, 3.63) is 89.5 Å². The molecule has 0 bridgehead atoms. The van der Waals surface area contributed by atoms with Gasteiger partial charge in [-0.25, -0.2) is 4.90 Å². The largest absolute Gasteiger partial charge is 0.497 e. The molecule has 1 amide bonds. The number of nitrogens with two attached hydrogens (primary N) is 1. The Morgan fingerprint density at radius 1 is 1.00 bits per heavy atom. The fraction of sp³-hybridized carbons (Fsp3) is 0.167. The molecule has 0 aromatic heterocycles. The molecular weight excluding hydrogens is 378 g/mol. The highest BCUT2D eigenvalue weighted by Crippen LogP contribution is 2.33. The summed E-state index contributed by atoms with van der Waals surface area (Å²) < 4.78 is 5.35. The van der Waals surface area contributed by atoms with Crippen molar-refractivity contribution in [2.75, 3.05) is 14.2 Å². The van der Waals surface area contributed by atoms with Crippen molar-refractivity contribution in [1.82, 2.24) is 4.90 Å². The van der Waals surface area contributed by atoms with Gasteiger partial charge in [-0.3, -0.25) is 15.5 Å². The van der Waals surface area contributed by atoms with Gasteiger partial charge in [-0.05, 0) is 34.9 Å². The van der Waals surface area contributed by atoms with Gasteiger partial charge in [0.05, 0.1) is 20.8 Å². The van der Waals surface area contributed by atoms with E-state index in [0.29, 0.717) is 0 Å². The number of rotatable bonds is 5. The molecule has 4 rings (SSSR count). The zero-order chi connectivity index (χ0) is 21.3. The third-order valence-electron chi connectivity index (χ3n) is 5.57. The van der Waals surface area contributed by atoms with Crippen LogP contribution < -0.4 is 15.5 Å². The Balaban J connectivity index is 1.89. The normalized spacial score (nSPS) is 18.4. The molecule has 1 aliphatic heterocycles. The van der Waals surface area contributed by atoms with Crippen molar-refractivity contribution in [2.24, 2.45) is 5.73 Å². The van der Waals surface area contributed by atoms with Crippen LogP contribution in [0.25, 0.3) is 11.1 Å². The number of hydrogen-bond donors (Lipinski definition) is 3. The summed E-state index contributed by atoms with van der Waals surface area (Å²) in [7, 11) is 3.29. The first-order chi connectivity index (χ1) is 14.5. The number of benzene rings is 3. The van der Waals surface area contributed by atoms with E-state index >= 15 is 0 Å². The van der Waals surface area contributed by atoms with E-state index in [9.17, 15) is 9.90 Å². The van der Waals surface area contributed by atoms with Crippen LogP contribution in [0, 0.1) is 0 Å². The first-order valence-electron chi connectivity index (χ1n) is 9.63. The van der Waals surface area contributed by atoms with Crippen LogP contribution >= 0.6 is 0 Å². The number of nitrogens with one attached hydrogen (secondary N) is 1. The first kappa shape index (κ1) is 19.7. The number of nitrogens with zero attached hydrogens (tertiary/aromatic N) is 1. The summed E-state index contributed by atoms with van der Waals surface area (Å²) in [4.78, 5) is 18.1. The summed E-state index contributed by atoms with van der Waals surface area (Å²) in [5.41, 5.74) is 9.21. The third-order valence-corrected chi connectivity index (χ3v) is 5.57. The number of carbonyl (C=O) groups excluding carboxylic acids is 1. The molecule has 3 aromatic carbocycles. The maximum absolute atomic E-state index is 13.4. The van der Waals surface area contributed by atoms with Gasteiger partial charge < -0.3 is 9.84 Å². The molecule has 30 heavy (non-hydrogen) atoms. The monoisotopic (exact) mass is 402 g/mol. The van der Waals surface area contributed by atoms with Gasteiger partial charge in [0.25, 0.3) is 0 Å². The second-order valence-corrected chi connectivity index (χ2v) is 7.29. The molecule has 0 spiro atoms. The molecule has 0 fully saturated rings. The minimum Gasteiger partial charge on any atom is -0.497 e. The van der Waals surface area contributed by atoms with E-state index in [-0.39, 0.29) is 18.5 Å². The zero-order valence-electron chi connectivity index (χ0n) is 16.9. The lowest BCUT2D eigenvalue weighted by atomic mass is 9.81. The fourth-order valence-corrected chi connectivity index (χ4v) is 3.84. The van der Waals surface area contributed by atoms with E-state index in [2.05, 4.69) is 4.99 Å². The quantitative estimate of drug-likeness (QED) is 0.593. The fourth-order valence-electron chi connectivity index (χ4n) is 3.84. The van der Waals surface area contributed by atoms with Crippen LogP contribution in [0.4, 0.5) is 0 Å². The summed E-state index contributed by atoms with van der Waals surface area (Å²) in [6.45, 7) is -0.0614. The number of amides is 1. The number of likely N-dealkylation sites (N-methyl/N-ethyl adjacent to an activating group) is 1. The number of ether oxygens (including phenoxy) is 1. The van der Waals surface area contributed by atoms with Gasteiger partial charge in [-0.2, -0.15) is 0 Å². The Labute approximate surface area is 175 Å². The topological polar surface area (TPSA) is 89.8 Å². The van der Waals surface area contributed by atoms with Crippen LogP contribution in [0.3, 0.4) is 0 Å². The van der Waals surface area contributed by atoms with Crippen LogP contribution in [0.1, 0.15) is 16.7 Å². The number of hydrogen-bond acceptors (Lipinski definition) is 4. The average Bonchev–Trinajstić information content (AvgIpc) is 3.04. The van der Waals surface area contributed by atoms with E-state index in [0.717, 1.165) is 33.6 Å². The summed E-state index contributed by atoms with van der Waals surface area (Å²) in [6.07, 6.45) is 0. The molecule has 4 N–H and O–H groups in total. The van der Waals surface area contributed by atoms with Gasteiger partial charge in [0.15, 0.2) is 0 Å². The minimum absolute atomic E-state index is 0.0614. The van der Waals surface area contributed by atoms with Crippen LogP contribution in [0.5, 0.6) is 5.75 Å². The van der Waals surface area contributed by atoms with E-state index < -0.39 is 5.54 Å². The molecule has 1 aliphatic rings. The Hall–Kier alpha value is -3.64. The molecule has 1 heterocycles. The van der Waals surface area contributed by atoms with Gasteiger partial charge in [-0.1, -0.05) is 54.6 Å². The number of guanidine groups is 1. The van der Waals surface area contributed by atoms with E-state index in [4.69, 9.17) is 10.5 Å². The SMILES string of the molecule is COc1cccc(-c2cccc(C3(c4ccc(CO)cc4)[NH+]=C(N)N(C)C3=O)c2)c1. The molecule has 0 aliphatic carbocycles. The Kier molecular flexibility index (Phi) is 5.01. The molecular formula is C24H24N3O3+. The van der Waals surface area contributed by atoms with Crippen LogP contribution in [0.2, 0.25) is 0 Å². The highest BCUT2D eigenvalue weighted by Gasteiger charge is 2.53. The molecule has 6 nitrogen and oxygen atoms in total. The van der Waals surface area contributed by atoms with Crippen molar-refractivity contribution < 1.29 is 19.6 Å². The smallest absolute Gasteiger partial charge is 0.352 e. The predicted molar refractivity (Wildman–Crippen MR) is 115 cm³/mol. The van der Waals surface area contributed by atoms with Gasteiger partial charge in [0.2, 0.25) is 5.54 Å². The highest BCUT2D eigenvalue weighted by molar-refractivity contribution is 6.03. The van der Waals surface area contributed by atoms with Crippen molar-refractivity contribution in [3.63, 3.8) is 0 Å². The molecule has 0 radical (unpaired) electrons. The lowest BCUT2D eigenvalue weighted by Gasteiger charge is -2.24. The molecule has 0 saturated heterocycles. The summed E-state index contributed by atoms with van der Waals surface area (Å²) >= 11 is 0. The van der Waals surface area contributed by atoms with Crippen LogP contribution in [-0.4, -0.2) is 36.0 Å². The van der Waals surface area contributed by atoms with E-state index in [1.54, 1.807) is 14.2 Å². The van der Waals surface area contributed by atoms with Crippen LogP contribution in [-0.2, 0) is 16.9 Å². The van der Waals surface area contributed by atoms with Gasteiger partial charge in [0.1, 0.15) is 5.75 Å². The van der Waals surface area contributed by atoms with Crippen LogP contribution in [0.15, 0.2) is 72.8 Å². The van der Waals surface area contributed by atoms with E-state index in [1.165, 1.54) is 4.90 Å². The van der Waals surface area contributed by atoms with Crippen molar-refractivity contribution >= 4 is 11.9 Å². The number of methoxy groups -OCH3 is 1. The maximum Gasteiger partial charge on any atom is 0.352 e. The van der Waals surface area contributed by atoms with Crippen molar-refractivity contribution in [1.29, 1.82) is 0 Å². The number of aliphatic hydroxyl groups excluding tert-OH is 1. The lowest BCUT2D eigenvalue weighted by Crippen LogP contribution is -2.85. The molecule has 1 unspecified atom stereocenters. The lowest BCUT2D eigenvalue weighted by molar-refractivity contribution is -0.525. The first-order valence-corrected chi connectivity index (χ1v) is 9.63. The summed E-state index contributed by atoms with van der Waals surface area (Å²) in [5, 5.41) is 9.39. The Bertz CT molecular complexity index is 1120. The Morgan fingerprint density at radius 3 is 2.27 bits per heavy atom. The zero-order valence-corrected chi connectivity index (χ0v) is 16.9. The maximum atomic E-state index is 13.4. The Morgan fingerprint density at radius 2 is 1.67 bits per heavy atom. The molecule has 152 valence electrons.